The molecule has 1 aromatic carbocycles. The lowest BCUT2D eigenvalue weighted by atomic mass is 10.0. The van der Waals surface area contributed by atoms with Crippen molar-refractivity contribution in [2.45, 2.75) is 26.2 Å². The molecule has 1 aromatic rings. The van der Waals surface area contributed by atoms with E-state index in [2.05, 4.69) is 24.0 Å². The fourth-order valence-corrected chi connectivity index (χ4v) is 2.67. The predicted octanol–water partition coefficient (Wildman–Crippen LogP) is 3.41. The zero-order valence-corrected chi connectivity index (χ0v) is 11.4. The van der Waals surface area contributed by atoms with Crippen molar-refractivity contribution in [2.75, 3.05) is 18.0 Å². The summed E-state index contributed by atoms with van der Waals surface area (Å²) in [6.45, 7) is 4.53. The van der Waals surface area contributed by atoms with Crippen molar-refractivity contribution in [2.24, 2.45) is 5.92 Å². The van der Waals surface area contributed by atoms with E-state index in [-0.39, 0.29) is 0 Å². The first-order valence-electron chi connectivity index (χ1n) is 6.95. The van der Waals surface area contributed by atoms with Gasteiger partial charge in [-0.2, -0.15) is 0 Å². The minimum atomic E-state index is -0.911. The quantitative estimate of drug-likeness (QED) is 0.824. The summed E-state index contributed by atoms with van der Waals surface area (Å²) in [5.74, 6) is -0.0809. The smallest absolute Gasteiger partial charge is 0.328 e. The van der Waals surface area contributed by atoms with Gasteiger partial charge in [-0.05, 0) is 42.5 Å². The van der Waals surface area contributed by atoms with Gasteiger partial charge in [-0.1, -0.05) is 25.5 Å². The molecule has 0 amide bonds. The minimum Gasteiger partial charge on any atom is -0.478 e. The number of nitrogens with zero attached hydrogens (tertiary/aromatic N) is 1. The van der Waals surface area contributed by atoms with Gasteiger partial charge in [-0.3, -0.25) is 0 Å². The molecule has 2 rings (SSSR count). The first-order valence-corrected chi connectivity index (χ1v) is 6.95. The van der Waals surface area contributed by atoms with Crippen molar-refractivity contribution in [3.63, 3.8) is 0 Å². The van der Waals surface area contributed by atoms with Crippen molar-refractivity contribution in [1.82, 2.24) is 0 Å². The molecule has 0 aromatic heterocycles. The fourth-order valence-electron chi connectivity index (χ4n) is 2.67. The second-order valence-corrected chi connectivity index (χ2v) is 5.15. The normalized spacial score (nSPS) is 19.2. The molecule has 3 heteroatoms. The van der Waals surface area contributed by atoms with E-state index in [0.717, 1.165) is 24.6 Å². The van der Waals surface area contributed by atoms with Crippen LogP contribution in [0, 0.1) is 5.92 Å². The number of carbonyl (C=O) groups is 1. The molecule has 0 radical (unpaired) electrons. The van der Waals surface area contributed by atoms with Gasteiger partial charge in [0, 0.05) is 24.9 Å². The number of hydrogen-bond donors (Lipinski definition) is 1. The van der Waals surface area contributed by atoms with Crippen LogP contribution in [0.3, 0.4) is 0 Å². The average Bonchev–Trinajstić information content (AvgIpc) is 2.86. The van der Waals surface area contributed by atoms with Gasteiger partial charge < -0.3 is 10.0 Å². The van der Waals surface area contributed by atoms with Crippen LogP contribution in [0.4, 0.5) is 5.69 Å². The van der Waals surface area contributed by atoms with Gasteiger partial charge >= 0.3 is 5.97 Å². The summed E-state index contributed by atoms with van der Waals surface area (Å²) >= 11 is 0. The molecule has 19 heavy (non-hydrogen) atoms. The Balaban J connectivity index is 1.97. The van der Waals surface area contributed by atoms with Gasteiger partial charge in [-0.25, -0.2) is 4.79 Å². The third kappa shape index (κ3) is 3.85. The summed E-state index contributed by atoms with van der Waals surface area (Å²) in [5.41, 5.74) is 2.17. The topological polar surface area (TPSA) is 40.5 Å². The molecule has 0 aliphatic carbocycles. The second kappa shape index (κ2) is 6.41. The highest BCUT2D eigenvalue weighted by atomic mass is 16.4. The van der Waals surface area contributed by atoms with Crippen LogP contribution >= 0.6 is 0 Å². The minimum absolute atomic E-state index is 0.830. The van der Waals surface area contributed by atoms with Crippen LogP contribution in [0.5, 0.6) is 0 Å². The van der Waals surface area contributed by atoms with Crippen molar-refractivity contribution in [3.05, 3.63) is 35.9 Å². The van der Waals surface area contributed by atoms with Gasteiger partial charge in [-0.15, -0.1) is 0 Å². The number of benzene rings is 1. The number of rotatable bonds is 5. The van der Waals surface area contributed by atoms with Crippen molar-refractivity contribution in [1.29, 1.82) is 0 Å². The molecule has 1 aliphatic rings. The Morgan fingerprint density at radius 1 is 1.42 bits per heavy atom. The first kappa shape index (κ1) is 13.7. The number of carboxylic acids is 1. The molecule has 1 heterocycles. The van der Waals surface area contributed by atoms with Gasteiger partial charge in [0.1, 0.15) is 0 Å². The van der Waals surface area contributed by atoms with Gasteiger partial charge in [0.2, 0.25) is 0 Å². The lowest BCUT2D eigenvalue weighted by molar-refractivity contribution is -0.131. The second-order valence-electron chi connectivity index (χ2n) is 5.15. The van der Waals surface area contributed by atoms with Crippen LogP contribution in [0.25, 0.3) is 6.08 Å². The van der Waals surface area contributed by atoms with E-state index >= 15 is 0 Å². The van der Waals surface area contributed by atoms with Crippen LogP contribution in [-0.2, 0) is 4.79 Å². The summed E-state index contributed by atoms with van der Waals surface area (Å²) in [7, 11) is 0. The largest absolute Gasteiger partial charge is 0.478 e. The lowest BCUT2D eigenvalue weighted by Crippen LogP contribution is -2.19. The molecule has 0 bridgehead atoms. The zero-order valence-electron chi connectivity index (χ0n) is 11.4. The Bertz CT molecular complexity index is 450. The van der Waals surface area contributed by atoms with E-state index in [0.29, 0.717) is 0 Å². The van der Waals surface area contributed by atoms with Crippen molar-refractivity contribution in [3.8, 4) is 0 Å². The van der Waals surface area contributed by atoms with Gasteiger partial charge in [0.05, 0.1) is 0 Å². The number of carboxylic acid groups (broad SMARTS) is 1. The van der Waals surface area contributed by atoms with E-state index in [1.807, 2.05) is 12.1 Å². The highest BCUT2D eigenvalue weighted by Crippen LogP contribution is 2.26. The molecule has 1 saturated heterocycles. The summed E-state index contributed by atoms with van der Waals surface area (Å²) in [6, 6.07) is 8.11. The number of anilines is 1. The van der Waals surface area contributed by atoms with E-state index in [1.54, 1.807) is 6.08 Å². The monoisotopic (exact) mass is 259 g/mol. The highest BCUT2D eigenvalue weighted by molar-refractivity contribution is 5.85. The Hall–Kier alpha value is -1.77. The van der Waals surface area contributed by atoms with E-state index in [1.165, 1.54) is 31.0 Å². The Morgan fingerprint density at radius 3 is 2.79 bits per heavy atom. The molecule has 3 nitrogen and oxygen atoms in total. The summed E-state index contributed by atoms with van der Waals surface area (Å²) in [4.78, 5) is 12.9. The summed E-state index contributed by atoms with van der Waals surface area (Å²) in [6.07, 6.45) is 6.65. The molecule has 102 valence electrons. The molecule has 1 unspecified atom stereocenters. The SMILES string of the molecule is CCCC1CCN(c2ccc(/C=C/C(=O)O)cc2)C1. The van der Waals surface area contributed by atoms with E-state index in [9.17, 15) is 4.79 Å². The average molecular weight is 259 g/mol. The first-order chi connectivity index (χ1) is 9.19. The Morgan fingerprint density at radius 2 is 2.16 bits per heavy atom. The molecular weight excluding hydrogens is 238 g/mol. The predicted molar refractivity (Wildman–Crippen MR) is 78.3 cm³/mol. The van der Waals surface area contributed by atoms with Crippen LogP contribution in [-0.4, -0.2) is 24.2 Å². The van der Waals surface area contributed by atoms with E-state index in [4.69, 9.17) is 5.11 Å². The summed E-state index contributed by atoms with van der Waals surface area (Å²) in [5, 5.41) is 8.59. The Kier molecular flexibility index (Phi) is 4.61. The highest BCUT2D eigenvalue weighted by Gasteiger charge is 2.21. The Labute approximate surface area is 114 Å². The zero-order chi connectivity index (χ0) is 13.7. The van der Waals surface area contributed by atoms with Crippen molar-refractivity contribution < 1.29 is 9.90 Å². The molecule has 1 atom stereocenters. The fraction of sp³-hybridized carbons (Fsp3) is 0.438. The molecule has 0 saturated carbocycles. The molecule has 1 fully saturated rings. The standard InChI is InChI=1S/C16H21NO2/c1-2-3-14-10-11-17(12-14)15-7-4-13(5-8-15)6-9-16(18)19/h4-9,14H,2-3,10-12H2,1H3,(H,18,19)/b9-6+. The number of aliphatic carboxylic acids is 1. The molecule has 1 N–H and O–H groups in total. The van der Waals surface area contributed by atoms with Gasteiger partial charge in [0.25, 0.3) is 0 Å². The maximum Gasteiger partial charge on any atom is 0.328 e. The van der Waals surface area contributed by atoms with Gasteiger partial charge in [0.15, 0.2) is 0 Å². The third-order valence-corrected chi connectivity index (χ3v) is 3.66. The maximum atomic E-state index is 10.5. The van der Waals surface area contributed by atoms with E-state index < -0.39 is 5.97 Å². The third-order valence-electron chi connectivity index (χ3n) is 3.66. The maximum absolute atomic E-state index is 10.5. The number of hydrogen-bond acceptors (Lipinski definition) is 2. The molecule has 0 spiro atoms. The summed E-state index contributed by atoms with van der Waals surface area (Å²) < 4.78 is 0. The molecule has 1 aliphatic heterocycles. The van der Waals surface area contributed by atoms with Crippen LogP contribution in [0.1, 0.15) is 31.7 Å². The van der Waals surface area contributed by atoms with Crippen LogP contribution < -0.4 is 4.90 Å². The van der Waals surface area contributed by atoms with Crippen molar-refractivity contribution >= 4 is 17.7 Å². The lowest BCUT2D eigenvalue weighted by Gasteiger charge is -2.18. The molecular formula is C16H21NO2. The van der Waals surface area contributed by atoms with Crippen LogP contribution in [0.15, 0.2) is 30.3 Å². The van der Waals surface area contributed by atoms with Crippen LogP contribution in [0.2, 0.25) is 0 Å².